The van der Waals surface area contributed by atoms with Crippen molar-refractivity contribution in [3.05, 3.63) is 35.5 Å². The summed E-state index contributed by atoms with van der Waals surface area (Å²) < 4.78 is 0. The number of nitrogens with one attached hydrogen (secondary N) is 2. The van der Waals surface area contributed by atoms with Crippen molar-refractivity contribution in [2.75, 3.05) is 5.75 Å². The number of carbonyl (C=O) groups excluding carboxylic acids is 1. The van der Waals surface area contributed by atoms with E-state index in [9.17, 15) is 10.1 Å². The molecule has 5 nitrogen and oxygen atoms in total. The number of amides is 1. The first-order valence-corrected chi connectivity index (χ1v) is 9.99. The molecule has 1 unspecified atom stereocenters. The number of amidine groups is 1. The number of fused-ring (bicyclic) bond motifs is 1. The third-order valence-electron chi connectivity index (χ3n) is 3.96. The second-order valence-electron chi connectivity index (χ2n) is 5.80. The molecule has 1 aliphatic rings. The van der Waals surface area contributed by atoms with Gasteiger partial charge in [0.25, 0.3) is 0 Å². The quantitative estimate of drug-likeness (QED) is 0.598. The van der Waals surface area contributed by atoms with Crippen molar-refractivity contribution in [3.63, 3.8) is 0 Å². The van der Waals surface area contributed by atoms with Crippen LogP contribution in [0.3, 0.4) is 0 Å². The third-order valence-corrected chi connectivity index (χ3v) is 6.18. The molecule has 2 aromatic rings. The smallest absolute Gasteiger partial charge is 0.239 e. The molecule has 2 N–H and O–H groups in total. The van der Waals surface area contributed by atoms with E-state index in [1.165, 1.54) is 11.8 Å². The zero-order valence-electron chi connectivity index (χ0n) is 13.8. The molecule has 1 amide bonds. The fourth-order valence-corrected chi connectivity index (χ4v) is 4.76. The molecule has 1 atom stereocenters. The standard InChI is InChI=1S/C18H18N4OS2/c1-2-3-6-24-16-12(9-19)10-21-14-5-4-11(7-13(14)16)8-15-17(23)22-18(20)25-15/h4-5,7,10,15H,2-3,6,8H2,1H3,(H2,20,22,23). The first-order chi connectivity index (χ1) is 12.1. The van der Waals surface area contributed by atoms with Gasteiger partial charge in [0.15, 0.2) is 5.17 Å². The number of nitriles is 1. The van der Waals surface area contributed by atoms with Gasteiger partial charge in [0, 0.05) is 16.5 Å². The minimum absolute atomic E-state index is 0.114. The second kappa shape index (κ2) is 7.89. The highest BCUT2D eigenvalue weighted by Crippen LogP contribution is 2.32. The maximum Gasteiger partial charge on any atom is 0.239 e. The van der Waals surface area contributed by atoms with Crippen LogP contribution in [0, 0.1) is 16.7 Å². The van der Waals surface area contributed by atoms with Gasteiger partial charge in [-0.25, -0.2) is 0 Å². The Labute approximate surface area is 155 Å². The van der Waals surface area contributed by atoms with Crippen molar-refractivity contribution >= 4 is 45.5 Å². The molecular formula is C18H18N4OS2. The first kappa shape index (κ1) is 17.8. The fraction of sp³-hybridized carbons (Fsp3) is 0.333. The van der Waals surface area contributed by atoms with E-state index in [2.05, 4.69) is 23.3 Å². The van der Waals surface area contributed by atoms with E-state index in [0.717, 1.165) is 40.0 Å². The number of unbranched alkanes of at least 4 members (excludes halogenated alkanes) is 1. The van der Waals surface area contributed by atoms with Crippen LogP contribution in [-0.4, -0.2) is 27.1 Å². The predicted molar refractivity (Wildman–Crippen MR) is 103 cm³/mol. The second-order valence-corrected chi connectivity index (χ2v) is 8.11. The topological polar surface area (TPSA) is 89.6 Å². The Balaban J connectivity index is 1.94. The van der Waals surface area contributed by atoms with E-state index < -0.39 is 0 Å². The number of rotatable bonds is 6. The van der Waals surface area contributed by atoms with Crippen LogP contribution in [-0.2, 0) is 11.2 Å². The molecule has 0 bridgehead atoms. The van der Waals surface area contributed by atoms with Gasteiger partial charge < -0.3 is 5.32 Å². The Hall–Kier alpha value is -2.04. The van der Waals surface area contributed by atoms with Crippen LogP contribution in [0.5, 0.6) is 0 Å². The Morgan fingerprint density at radius 3 is 3.00 bits per heavy atom. The molecule has 0 saturated carbocycles. The number of aromatic nitrogens is 1. The maximum absolute atomic E-state index is 11.9. The normalized spacial score (nSPS) is 16.9. The molecule has 1 aromatic carbocycles. The summed E-state index contributed by atoms with van der Waals surface area (Å²) in [5.41, 5.74) is 2.47. The monoisotopic (exact) mass is 370 g/mol. The van der Waals surface area contributed by atoms with Crippen molar-refractivity contribution in [1.29, 1.82) is 10.7 Å². The molecule has 0 aliphatic carbocycles. The van der Waals surface area contributed by atoms with Gasteiger partial charge in [-0.15, -0.1) is 11.8 Å². The Bertz CT molecular complexity index is 875. The van der Waals surface area contributed by atoms with E-state index in [0.29, 0.717) is 12.0 Å². The summed E-state index contributed by atoms with van der Waals surface area (Å²) in [5.74, 6) is 0.851. The summed E-state index contributed by atoms with van der Waals surface area (Å²) in [7, 11) is 0. The number of benzene rings is 1. The van der Waals surface area contributed by atoms with Crippen molar-refractivity contribution < 1.29 is 4.79 Å². The highest BCUT2D eigenvalue weighted by atomic mass is 32.2. The zero-order valence-corrected chi connectivity index (χ0v) is 15.5. The summed E-state index contributed by atoms with van der Waals surface area (Å²) in [6, 6.07) is 8.19. The minimum atomic E-state index is -0.270. The molecule has 128 valence electrons. The minimum Gasteiger partial charge on any atom is -0.305 e. The summed E-state index contributed by atoms with van der Waals surface area (Å²) in [6.45, 7) is 2.15. The summed E-state index contributed by atoms with van der Waals surface area (Å²) in [4.78, 5) is 17.2. The van der Waals surface area contributed by atoms with Gasteiger partial charge in [-0.2, -0.15) is 5.26 Å². The van der Waals surface area contributed by atoms with E-state index in [-0.39, 0.29) is 16.3 Å². The average Bonchev–Trinajstić information content (AvgIpc) is 2.92. The Morgan fingerprint density at radius 1 is 1.48 bits per heavy atom. The van der Waals surface area contributed by atoms with Gasteiger partial charge in [-0.05, 0) is 36.3 Å². The van der Waals surface area contributed by atoms with E-state index in [1.54, 1.807) is 18.0 Å². The van der Waals surface area contributed by atoms with E-state index in [4.69, 9.17) is 5.41 Å². The lowest BCUT2D eigenvalue weighted by atomic mass is 10.0. The Kier molecular flexibility index (Phi) is 5.61. The number of pyridine rings is 1. The molecule has 0 radical (unpaired) electrons. The lowest BCUT2D eigenvalue weighted by Crippen LogP contribution is -2.25. The summed E-state index contributed by atoms with van der Waals surface area (Å²) >= 11 is 2.95. The van der Waals surface area contributed by atoms with E-state index in [1.807, 2.05) is 18.2 Å². The maximum atomic E-state index is 11.9. The number of hydrogen-bond acceptors (Lipinski definition) is 6. The van der Waals surface area contributed by atoms with Gasteiger partial charge in [0.2, 0.25) is 5.91 Å². The van der Waals surface area contributed by atoms with Crippen molar-refractivity contribution in [1.82, 2.24) is 10.3 Å². The molecule has 2 heterocycles. The predicted octanol–water partition coefficient (Wildman–Crippen LogP) is 3.71. The van der Waals surface area contributed by atoms with Crippen LogP contribution in [0.4, 0.5) is 0 Å². The molecule has 1 saturated heterocycles. The van der Waals surface area contributed by atoms with Crippen LogP contribution in [0.25, 0.3) is 10.9 Å². The largest absolute Gasteiger partial charge is 0.305 e. The van der Waals surface area contributed by atoms with Crippen molar-refractivity contribution in [2.45, 2.75) is 36.3 Å². The summed E-state index contributed by atoms with van der Waals surface area (Å²) in [5, 5.41) is 20.4. The summed E-state index contributed by atoms with van der Waals surface area (Å²) in [6.07, 6.45) is 4.41. The fourth-order valence-electron chi connectivity index (χ4n) is 2.66. The van der Waals surface area contributed by atoms with Crippen LogP contribution in [0.15, 0.2) is 29.3 Å². The number of nitrogens with zero attached hydrogens (tertiary/aromatic N) is 2. The van der Waals surface area contributed by atoms with Gasteiger partial charge >= 0.3 is 0 Å². The van der Waals surface area contributed by atoms with Crippen LogP contribution in [0.1, 0.15) is 30.9 Å². The van der Waals surface area contributed by atoms with Crippen molar-refractivity contribution in [2.24, 2.45) is 0 Å². The number of thioether (sulfide) groups is 2. The van der Waals surface area contributed by atoms with Gasteiger partial charge in [0.05, 0.1) is 16.3 Å². The average molecular weight is 371 g/mol. The molecule has 1 fully saturated rings. The zero-order chi connectivity index (χ0) is 17.8. The van der Waals surface area contributed by atoms with Crippen LogP contribution in [0.2, 0.25) is 0 Å². The molecule has 1 aliphatic heterocycles. The Morgan fingerprint density at radius 2 is 2.32 bits per heavy atom. The van der Waals surface area contributed by atoms with Gasteiger partial charge in [0.1, 0.15) is 6.07 Å². The van der Waals surface area contributed by atoms with E-state index >= 15 is 0 Å². The van der Waals surface area contributed by atoms with Crippen LogP contribution >= 0.6 is 23.5 Å². The molecular weight excluding hydrogens is 352 g/mol. The first-order valence-electron chi connectivity index (χ1n) is 8.13. The van der Waals surface area contributed by atoms with Gasteiger partial charge in [-0.1, -0.05) is 31.2 Å². The number of carbonyl (C=O) groups is 1. The van der Waals surface area contributed by atoms with Gasteiger partial charge in [-0.3, -0.25) is 15.2 Å². The highest BCUT2D eigenvalue weighted by Gasteiger charge is 2.29. The molecule has 3 rings (SSSR count). The SMILES string of the molecule is CCCCSc1c(C#N)cnc2ccc(CC3SC(=N)NC3=O)cc12. The van der Waals surface area contributed by atoms with Crippen LogP contribution < -0.4 is 5.32 Å². The molecule has 1 aromatic heterocycles. The lowest BCUT2D eigenvalue weighted by molar-refractivity contribution is -0.118. The molecule has 25 heavy (non-hydrogen) atoms. The number of hydrogen-bond donors (Lipinski definition) is 2. The van der Waals surface area contributed by atoms with Crippen molar-refractivity contribution in [3.8, 4) is 6.07 Å². The third kappa shape index (κ3) is 3.97. The molecule has 0 spiro atoms. The lowest BCUT2D eigenvalue weighted by Gasteiger charge is -2.11. The molecule has 7 heteroatoms. The highest BCUT2D eigenvalue weighted by molar-refractivity contribution is 8.15.